The van der Waals surface area contributed by atoms with E-state index in [9.17, 15) is 0 Å². The van der Waals surface area contributed by atoms with Crippen molar-refractivity contribution in [2.45, 2.75) is 59.2 Å². The average Bonchev–Trinajstić information content (AvgIpc) is 2.39. The molecule has 2 heterocycles. The Morgan fingerprint density at radius 3 is 2.30 bits per heavy atom. The van der Waals surface area contributed by atoms with E-state index in [2.05, 4.69) is 9.97 Å². The first-order chi connectivity index (χ1) is 10.6. The van der Waals surface area contributed by atoms with Gasteiger partial charge in [0.1, 0.15) is 17.0 Å². The van der Waals surface area contributed by atoms with Crippen LogP contribution in [0.1, 0.15) is 46.0 Å². The summed E-state index contributed by atoms with van der Waals surface area (Å²) in [5, 5.41) is 0. The van der Waals surface area contributed by atoms with Crippen molar-refractivity contribution in [2.24, 2.45) is 0 Å². The van der Waals surface area contributed by atoms with Crippen LogP contribution in [-0.2, 0) is 6.42 Å². The zero-order valence-corrected chi connectivity index (χ0v) is 14.9. The van der Waals surface area contributed by atoms with Crippen LogP contribution in [0.15, 0.2) is 36.5 Å². The molecule has 0 fully saturated rings. The van der Waals surface area contributed by atoms with Gasteiger partial charge in [0, 0.05) is 23.9 Å². The molecule has 0 amide bonds. The topological polar surface area (TPSA) is 44.2 Å². The predicted octanol–water partition coefficient (Wildman–Crippen LogP) is 4.36. The lowest BCUT2D eigenvalue weighted by molar-refractivity contribution is 0.106. The number of pyridine rings is 2. The van der Waals surface area contributed by atoms with Crippen LogP contribution in [0.5, 0.6) is 11.6 Å². The van der Waals surface area contributed by atoms with E-state index >= 15 is 0 Å². The molecule has 0 aliphatic heterocycles. The predicted molar refractivity (Wildman–Crippen MR) is 92.0 cm³/mol. The molecule has 0 unspecified atom stereocenters. The quantitative estimate of drug-likeness (QED) is 0.822. The van der Waals surface area contributed by atoms with Crippen molar-refractivity contribution in [3.8, 4) is 11.6 Å². The minimum Gasteiger partial charge on any atom is -0.486 e. The van der Waals surface area contributed by atoms with Gasteiger partial charge in [-0.3, -0.25) is 4.98 Å². The summed E-state index contributed by atoms with van der Waals surface area (Å²) < 4.78 is 11.9. The molecule has 4 nitrogen and oxygen atoms in total. The summed E-state index contributed by atoms with van der Waals surface area (Å²) in [5.74, 6) is 1.41. The van der Waals surface area contributed by atoms with Crippen molar-refractivity contribution in [2.75, 3.05) is 0 Å². The maximum absolute atomic E-state index is 6.06. The Morgan fingerprint density at radius 1 is 0.957 bits per heavy atom. The Hall–Kier alpha value is -2.10. The van der Waals surface area contributed by atoms with Gasteiger partial charge in [0.25, 0.3) is 0 Å². The average molecular weight is 314 g/mol. The van der Waals surface area contributed by atoms with Gasteiger partial charge in [0.2, 0.25) is 5.88 Å². The third kappa shape index (κ3) is 5.89. The second-order valence-corrected chi connectivity index (χ2v) is 7.36. The highest BCUT2D eigenvalue weighted by Crippen LogP contribution is 2.22. The molecule has 0 N–H and O–H groups in total. The summed E-state index contributed by atoms with van der Waals surface area (Å²) in [5.41, 5.74) is 1.27. The molecule has 0 atom stereocenters. The summed E-state index contributed by atoms with van der Waals surface area (Å²) in [6.07, 6.45) is 2.44. The second kappa shape index (κ2) is 6.57. The molecule has 0 aliphatic carbocycles. The highest BCUT2D eigenvalue weighted by Gasteiger charge is 2.22. The summed E-state index contributed by atoms with van der Waals surface area (Å²) in [4.78, 5) is 8.85. The third-order valence-corrected chi connectivity index (χ3v) is 3.08. The van der Waals surface area contributed by atoms with Crippen LogP contribution in [0.4, 0.5) is 0 Å². The van der Waals surface area contributed by atoms with E-state index in [4.69, 9.17) is 9.47 Å². The van der Waals surface area contributed by atoms with Gasteiger partial charge in [-0.05, 0) is 59.7 Å². The molecule has 0 spiro atoms. The molecule has 0 bridgehead atoms. The maximum atomic E-state index is 6.06. The van der Waals surface area contributed by atoms with Crippen molar-refractivity contribution in [3.63, 3.8) is 0 Å². The summed E-state index contributed by atoms with van der Waals surface area (Å²) in [6.45, 7) is 12.1. The number of rotatable bonds is 5. The maximum Gasteiger partial charge on any atom is 0.213 e. The third-order valence-electron chi connectivity index (χ3n) is 3.08. The van der Waals surface area contributed by atoms with Gasteiger partial charge in [0.05, 0.1) is 6.20 Å². The van der Waals surface area contributed by atoms with Gasteiger partial charge in [-0.25, -0.2) is 4.98 Å². The molecule has 0 radical (unpaired) electrons. The molecule has 23 heavy (non-hydrogen) atoms. The van der Waals surface area contributed by atoms with E-state index in [0.29, 0.717) is 12.3 Å². The smallest absolute Gasteiger partial charge is 0.213 e. The fourth-order valence-corrected chi connectivity index (χ4v) is 2.23. The van der Waals surface area contributed by atoms with E-state index in [1.54, 1.807) is 6.20 Å². The van der Waals surface area contributed by atoms with E-state index < -0.39 is 0 Å². The Labute approximate surface area is 138 Å². The number of hydrogen-bond acceptors (Lipinski definition) is 4. The van der Waals surface area contributed by atoms with Crippen LogP contribution in [0.3, 0.4) is 0 Å². The van der Waals surface area contributed by atoms with Crippen molar-refractivity contribution in [3.05, 3.63) is 47.9 Å². The Kier molecular flexibility index (Phi) is 4.93. The minimum atomic E-state index is -0.385. The molecule has 2 rings (SSSR count). The number of nitrogens with zero attached hydrogens (tertiary/aromatic N) is 2. The first-order valence-electron chi connectivity index (χ1n) is 7.90. The largest absolute Gasteiger partial charge is 0.486 e. The Balaban J connectivity index is 2.07. The lowest BCUT2D eigenvalue weighted by atomic mass is 10.0. The van der Waals surface area contributed by atoms with Crippen LogP contribution in [-0.4, -0.2) is 21.2 Å². The molecule has 4 heteroatoms. The van der Waals surface area contributed by atoms with Crippen molar-refractivity contribution < 1.29 is 9.47 Å². The van der Waals surface area contributed by atoms with Crippen molar-refractivity contribution in [1.29, 1.82) is 0 Å². The van der Waals surface area contributed by atoms with E-state index in [1.807, 2.05) is 71.9 Å². The van der Waals surface area contributed by atoms with Gasteiger partial charge >= 0.3 is 0 Å². The zero-order valence-electron chi connectivity index (χ0n) is 14.9. The van der Waals surface area contributed by atoms with Crippen LogP contribution in [0, 0.1) is 6.92 Å². The minimum absolute atomic E-state index is 0.259. The lowest BCUT2D eigenvalue weighted by Gasteiger charge is -2.26. The first kappa shape index (κ1) is 17.3. The highest BCUT2D eigenvalue weighted by molar-refractivity contribution is 5.21. The molecule has 0 saturated heterocycles. The Morgan fingerprint density at radius 2 is 1.70 bits per heavy atom. The van der Waals surface area contributed by atoms with E-state index in [-0.39, 0.29) is 11.2 Å². The van der Waals surface area contributed by atoms with Crippen LogP contribution >= 0.6 is 0 Å². The van der Waals surface area contributed by atoms with Gasteiger partial charge in [-0.2, -0.15) is 0 Å². The first-order valence-corrected chi connectivity index (χ1v) is 7.90. The second-order valence-electron chi connectivity index (χ2n) is 7.36. The number of aryl methyl sites for hydroxylation is 1. The fourth-order valence-electron chi connectivity index (χ4n) is 2.23. The number of ether oxygens (including phenoxy) is 2. The van der Waals surface area contributed by atoms with Gasteiger partial charge < -0.3 is 9.47 Å². The van der Waals surface area contributed by atoms with Crippen LogP contribution < -0.4 is 9.47 Å². The normalized spacial score (nSPS) is 12.1. The molecule has 2 aromatic heterocycles. The molecule has 2 aromatic rings. The van der Waals surface area contributed by atoms with E-state index in [0.717, 1.165) is 17.1 Å². The zero-order chi connectivity index (χ0) is 17.1. The molecule has 0 saturated carbocycles. The molecule has 124 valence electrons. The standard InChI is InChI=1S/C19H26N2O2/c1-14-10-11-16(13-20-14)22-19(5,6)12-15-8-7-9-17(21-15)23-18(2,3)4/h7-11,13H,12H2,1-6H3. The molecular formula is C19H26N2O2. The van der Waals surface area contributed by atoms with E-state index in [1.165, 1.54) is 0 Å². The van der Waals surface area contributed by atoms with Gasteiger partial charge in [-0.1, -0.05) is 6.07 Å². The fraction of sp³-hybridized carbons (Fsp3) is 0.474. The number of aromatic nitrogens is 2. The monoisotopic (exact) mass is 314 g/mol. The highest BCUT2D eigenvalue weighted by atomic mass is 16.5. The molecule has 0 aromatic carbocycles. The lowest BCUT2D eigenvalue weighted by Crippen LogP contribution is -2.31. The molecular weight excluding hydrogens is 288 g/mol. The number of hydrogen-bond donors (Lipinski definition) is 0. The van der Waals surface area contributed by atoms with Crippen LogP contribution in [0.25, 0.3) is 0 Å². The van der Waals surface area contributed by atoms with Gasteiger partial charge in [0.15, 0.2) is 0 Å². The van der Waals surface area contributed by atoms with Crippen molar-refractivity contribution in [1.82, 2.24) is 9.97 Å². The van der Waals surface area contributed by atoms with Crippen LogP contribution in [0.2, 0.25) is 0 Å². The summed E-state index contributed by atoms with van der Waals surface area (Å²) in [6, 6.07) is 9.73. The Bertz CT molecular complexity index is 643. The van der Waals surface area contributed by atoms with Crippen molar-refractivity contribution >= 4 is 0 Å². The summed E-state index contributed by atoms with van der Waals surface area (Å²) in [7, 11) is 0. The summed E-state index contributed by atoms with van der Waals surface area (Å²) >= 11 is 0. The SMILES string of the molecule is Cc1ccc(OC(C)(C)Cc2cccc(OC(C)(C)C)n2)cn1. The van der Waals surface area contributed by atoms with Gasteiger partial charge in [-0.15, -0.1) is 0 Å². The molecule has 0 aliphatic rings.